The SMILES string of the molecule is C.COc1ccc(CN2[C@@H]3CC[C@](c4cc(F)ccc4F)(S(=O)(=O)c4ccc(C(F)(F)F)cc4)C[C@@H]3CCS2(=O)=O)cc1.S.S. The first-order chi connectivity index (χ1) is 19.7. The standard InChI is InChI=1S/C29H28F5NO5S2.CH4.2H2S/c1-40-23-7-2-19(3-8-23)18-35-27-12-14-28(17-20(27)13-15-41(35,36)37,25-16-22(30)6-11-26(25)31)42(38,39)24-9-4-21(5-10-24)29(32,33)34;;;/h2-11,16,20,27H,12-15,17-18H2,1H3;1H4;2*1H2/t20-,27+,28-;;;/m0.../s1. The third kappa shape index (κ3) is 7.32. The molecule has 5 rings (SSSR count). The van der Waals surface area contributed by atoms with Gasteiger partial charge in [-0.3, -0.25) is 0 Å². The van der Waals surface area contributed by atoms with Crippen molar-refractivity contribution in [3.63, 3.8) is 0 Å². The number of hydrogen-bond acceptors (Lipinski definition) is 5. The van der Waals surface area contributed by atoms with Gasteiger partial charge in [-0.2, -0.15) is 44.5 Å². The molecule has 1 aliphatic carbocycles. The Kier molecular flexibility index (Phi) is 12.3. The van der Waals surface area contributed by atoms with Crippen LogP contribution < -0.4 is 4.74 Å². The predicted octanol–water partition coefficient (Wildman–Crippen LogP) is 6.93. The highest BCUT2D eigenvalue weighted by molar-refractivity contribution is 7.92. The molecular formula is C30H36F5NO5S4. The van der Waals surface area contributed by atoms with Crippen LogP contribution in [-0.4, -0.2) is 40.0 Å². The first-order valence-corrected chi connectivity index (χ1v) is 16.3. The molecule has 0 radical (unpaired) electrons. The number of sulfonamides is 1. The van der Waals surface area contributed by atoms with E-state index in [1.54, 1.807) is 24.3 Å². The van der Waals surface area contributed by atoms with Crippen LogP contribution in [0.1, 0.15) is 49.8 Å². The molecular weight excluding hydrogens is 678 g/mol. The van der Waals surface area contributed by atoms with Gasteiger partial charge in [0.05, 0.1) is 23.3 Å². The molecule has 1 saturated carbocycles. The fraction of sp³-hybridized carbons (Fsp3) is 0.400. The summed E-state index contributed by atoms with van der Waals surface area (Å²) in [5, 5.41) is 0. The highest BCUT2D eigenvalue weighted by atomic mass is 32.2. The predicted molar refractivity (Wildman–Crippen MR) is 172 cm³/mol. The van der Waals surface area contributed by atoms with E-state index in [2.05, 4.69) is 0 Å². The molecule has 1 heterocycles. The van der Waals surface area contributed by atoms with Gasteiger partial charge >= 0.3 is 6.18 Å². The van der Waals surface area contributed by atoms with E-state index in [-0.39, 0.29) is 72.4 Å². The summed E-state index contributed by atoms with van der Waals surface area (Å²) < 4.78 is 129. The van der Waals surface area contributed by atoms with Gasteiger partial charge in [0, 0.05) is 18.2 Å². The maximum atomic E-state index is 15.3. The topological polar surface area (TPSA) is 80.8 Å². The monoisotopic (exact) mass is 713 g/mol. The zero-order valence-electron chi connectivity index (χ0n) is 23.4. The number of halogens is 5. The van der Waals surface area contributed by atoms with Crippen molar-refractivity contribution in [2.45, 2.75) is 61.5 Å². The second-order valence-electron chi connectivity index (χ2n) is 10.7. The summed E-state index contributed by atoms with van der Waals surface area (Å²) >= 11 is 0. The lowest BCUT2D eigenvalue weighted by Gasteiger charge is -2.49. The van der Waals surface area contributed by atoms with Crippen molar-refractivity contribution in [3.8, 4) is 5.75 Å². The van der Waals surface area contributed by atoms with E-state index >= 15 is 4.39 Å². The molecule has 2 fully saturated rings. The van der Waals surface area contributed by atoms with Crippen molar-refractivity contribution < 1.29 is 43.5 Å². The highest BCUT2D eigenvalue weighted by Gasteiger charge is 2.56. The number of methoxy groups -OCH3 is 1. The zero-order valence-corrected chi connectivity index (χ0v) is 27.1. The normalized spacial score (nSPS) is 23.0. The molecule has 0 spiro atoms. The molecule has 3 aromatic carbocycles. The lowest BCUT2D eigenvalue weighted by Crippen LogP contribution is -2.56. The minimum absolute atomic E-state index is 0. The van der Waals surface area contributed by atoms with Crippen LogP contribution in [0.15, 0.2) is 71.6 Å². The second-order valence-corrected chi connectivity index (χ2v) is 15.0. The zero-order chi connectivity index (χ0) is 30.5. The smallest absolute Gasteiger partial charge is 0.416 e. The van der Waals surface area contributed by atoms with Gasteiger partial charge in [-0.15, -0.1) is 0 Å². The van der Waals surface area contributed by atoms with Crippen LogP contribution in [0.25, 0.3) is 0 Å². The van der Waals surface area contributed by atoms with E-state index < -0.39 is 70.4 Å². The Bertz CT molecular complexity index is 1690. The average molecular weight is 714 g/mol. The fourth-order valence-electron chi connectivity index (χ4n) is 6.23. The van der Waals surface area contributed by atoms with E-state index in [0.717, 1.165) is 30.3 Å². The second kappa shape index (κ2) is 14.2. The van der Waals surface area contributed by atoms with Crippen LogP contribution >= 0.6 is 27.0 Å². The van der Waals surface area contributed by atoms with Crippen molar-refractivity contribution in [1.29, 1.82) is 0 Å². The molecule has 0 amide bonds. The van der Waals surface area contributed by atoms with E-state index in [1.807, 2.05) is 0 Å². The van der Waals surface area contributed by atoms with E-state index in [4.69, 9.17) is 4.74 Å². The molecule has 0 unspecified atom stereocenters. The largest absolute Gasteiger partial charge is 0.497 e. The summed E-state index contributed by atoms with van der Waals surface area (Å²) in [6, 6.07) is 11.6. The lowest BCUT2D eigenvalue weighted by molar-refractivity contribution is -0.137. The van der Waals surface area contributed by atoms with Gasteiger partial charge in [0.1, 0.15) is 22.1 Å². The number of rotatable bonds is 6. The third-order valence-corrected chi connectivity index (χ3v) is 12.8. The van der Waals surface area contributed by atoms with Crippen molar-refractivity contribution in [3.05, 3.63) is 95.1 Å². The molecule has 3 atom stereocenters. The number of hydrogen-bond donors (Lipinski definition) is 0. The number of ether oxygens (including phenoxy) is 1. The maximum Gasteiger partial charge on any atom is 0.416 e. The van der Waals surface area contributed by atoms with Crippen molar-refractivity contribution in [2.24, 2.45) is 5.92 Å². The van der Waals surface area contributed by atoms with Crippen LogP contribution in [0.2, 0.25) is 0 Å². The molecule has 2 aliphatic rings. The number of nitrogens with zero attached hydrogens (tertiary/aromatic N) is 1. The quantitative estimate of drug-likeness (QED) is 0.259. The van der Waals surface area contributed by atoms with Crippen molar-refractivity contribution in [2.75, 3.05) is 12.9 Å². The van der Waals surface area contributed by atoms with Crippen LogP contribution in [-0.2, 0) is 37.3 Å². The lowest BCUT2D eigenvalue weighted by atomic mass is 9.73. The van der Waals surface area contributed by atoms with Crippen LogP contribution in [0.4, 0.5) is 22.0 Å². The Morgan fingerprint density at radius 2 is 1.58 bits per heavy atom. The summed E-state index contributed by atoms with van der Waals surface area (Å²) in [7, 11) is -6.81. The van der Waals surface area contributed by atoms with Gasteiger partial charge < -0.3 is 4.74 Å². The molecule has 0 bridgehead atoms. The fourth-order valence-corrected chi connectivity index (χ4v) is 10.3. The number of benzene rings is 3. The highest BCUT2D eigenvalue weighted by Crippen LogP contribution is 2.53. The van der Waals surface area contributed by atoms with E-state index in [1.165, 1.54) is 11.4 Å². The van der Waals surface area contributed by atoms with Gasteiger partial charge in [-0.25, -0.2) is 25.6 Å². The molecule has 15 heteroatoms. The Balaban J connectivity index is 0.00000235. The first kappa shape index (κ1) is 38.9. The van der Waals surface area contributed by atoms with Gasteiger partial charge in [0.15, 0.2) is 9.84 Å². The summed E-state index contributed by atoms with van der Waals surface area (Å²) in [6.07, 6.45) is -5.11. The first-order valence-electron chi connectivity index (χ1n) is 13.2. The van der Waals surface area contributed by atoms with Crippen molar-refractivity contribution in [1.82, 2.24) is 4.31 Å². The van der Waals surface area contributed by atoms with Gasteiger partial charge in [0.25, 0.3) is 0 Å². The molecule has 1 aliphatic heterocycles. The van der Waals surface area contributed by atoms with Crippen LogP contribution in [0, 0.1) is 17.6 Å². The Labute approximate surface area is 274 Å². The molecule has 45 heavy (non-hydrogen) atoms. The van der Waals surface area contributed by atoms with Gasteiger partial charge in [0.2, 0.25) is 10.0 Å². The molecule has 0 N–H and O–H groups in total. The summed E-state index contributed by atoms with van der Waals surface area (Å²) in [5.41, 5.74) is -0.788. The summed E-state index contributed by atoms with van der Waals surface area (Å²) in [6.45, 7) is 0.0282. The molecule has 250 valence electrons. The van der Waals surface area contributed by atoms with Crippen LogP contribution in [0.3, 0.4) is 0 Å². The maximum absolute atomic E-state index is 15.3. The summed E-state index contributed by atoms with van der Waals surface area (Å²) in [4.78, 5) is -0.462. The van der Waals surface area contributed by atoms with Crippen molar-refractivity contribution >= 4 is 46.9 Å². The van der Waals surface area contributed by atoms with Crippen LogP contribution in [0.5, 0.6) is 5.75 Å². The minimum Gasteiger partial charge on any atom is -0.497 e. The van der Waals surface area contributed by atoms with E-state index in [0.29, 0.717) is 23.4 Å². The molecule has 1 saturated heterocycles. The molecule has 6 nitrogen and oxygen atoms in total. The molecule has 0 aromatic heterocycles. The average Bonchev–Trinajstić information content (AvgIpc) is 2.95. The van der Waals surface area contributed by atoms with Gasteiger partial charge in [-0.05, 0) is 91.8 Å². The Morgan fingerprint density at radius 1 is 0.956 bits per heavy atom. The van der Waals surface area contributed by atoms with Gasteiger partial charge in [-0.1, -0.05) is 19.6 Å². The van der Waals surface area contributed by atoms with E-state index in [9.17, 15) is 34.4 Å². The molecule has 3 aromatic rings. The summed E-state index contributed by atoms with van der Waals surface area (Å²) in [5.74, 6) is -2.07. The number of sulfone groups is 1. The Morgan fingerprint density at radius 3 is 2.16 bits per heavy atom. The Hall–Kier alpha value is -2.33. The number of fused-ring (bicyclic) bond motifs is 1. The number of alkyl halides is 3. The minimum atomic E-state index is -4.70. The third-order valence-electron chi connectivity index (χ3n) is 8.38.